The standard InChI is InChI=1S/C15H25BrN2S/c1-11(2)18(9-13-4-6-17-7-5-13)10-14-8-15(16)12(3)19-14/h8,11,13,17H,4-7,9-10H2,1-3H3. The Labute approximate surface area is 129 Å². The van der Waals surface area contributed by atoms with Crippen molar-refractivity contribution in [2.45, 2.75) is 46.2 Å². The van der Waals surface area contributed by atoms with E-state index in [2.05, 4.69) is 53.0 Å². The average molecular weight is 345 g/mol. The highest BCUT2D eigenvalue weighted by Crippen LogP contribution is 2.28. The lowest BCUT2D eigenvalue weighted by Crippen LogP contribution is -2.38. The minimum Gasteiger partial charge on any atom is -0.317 e. The molecule has 0 radical (unpaired) electrons. The lowest BCUT2D eigenvalue weighted by atomic mass is 9.97. The molecule has 0 spiro atoms. The Bertz CT molecular complexity index is 377. The molecular weight excluding hydrogens is 320 g/mol. The summed E-state index contributed by atoms with van der Waals surface area (Å²) in [5, 5.41) is 3.46. The van der Waals surface area contributed by atoms with Crippen LogP contribution in [0.1, 0.15) is 36.4 Å². The molecule has 2 heterocycles. The Morgan fingerprint density at radius 2 is 2.11 bits per heavy atom. The van der Waals surface area contributed by atoms with E-state index in [1.807, 2.05) is 11.3 Å². The molecule has 1 aliphatic heterocycles. The highest BCUT2D eigenvalue weighted by molar-refractivity contribution is 9.10. The molecule has 19 heavy (non-hydrogen) atoms. The SMILES string of the molecule is Cc1sc(CN(CC2CCNCC2)C(C)C)cc1Br. The number of thiophene rings is 1. The highest BCUT2D eigenvalue weighted by atomic mass is 79.9. The van der Waals surface area contributed by atoms with Gasteiger partial charge >= 0.3 is 0 Å². The zero-order valence-electron chi connectivity index (χ0n) is 12.2. The van der Waals surface area contributed by atoms with Gasteiger partial charge < -0.3 is 5.32 Å². The maximum Gasteiger partial charge on any atom is 0.0331 e. The molecule has 1 fully saturated rings. The quantitative estimate of drug-likeness (QED) is 0.867. The molecule has 1 saturated heterocycles. The molecule has 0 bridgehead atoms. The van der Waals surface area contributed by atoms with E-state index in [-0.39, 0.29) is 0 Å². The van der Waals surface area contributed by atoms with Crippen molar-refractivity contribution in [3.8, 4) is 0 Å². The predicted octanol–water partition coefficient (Wildman–Crippen LogP) is 4.03. The van der Waals surface area contributed by atoms with Gasteiger partial charge in [-0.15, -0.1) is 11.3 Å². The number of halogens is 1. The molecule has 0 atom stereocenters. The third kappa shape index (κ3) is 4.55. The Hall–Kier alpha value is 0.100. The monoisotopic (exact) mass is 344 g/mol. The first-order chi connectivity index (χ1) is 9.06. The maximum absolute atomic E-state index is 3.63. The summed E-state index contributed by atoms with van der Waals surface area (Å²) in [6.45, 7) is 11.5. The van der Waals surface area contributed by atoms with Crippen LogP contribution in [-0.2, 0) is 6.54 Å². The Morgan fingerprint density at radius 3 is 2.63 bits per heavy atom. The summed E-state index contributed by atoms with van der Waals surface area (Å²) >= 11 is 5.55. The second-order valence-electron chi connectivity index (χ2n) is 5.83. The molecular formula is C15H25BrN2S. The number of hydrogen-bond acceptors (Lipinski definition) is 3. The van der Waals surface area contributed by atoms with Gasteiger partial charge in [0.1, 0.15) is 0 Å². The third-order valence-corrected chi connectivity index (χ3v) is 6.07. The van der Waals surface area contributed by atoms with E-state index in [0.717, 1.165) is 12.5 Å². The van der Waals surface area contributed by atoms with Gasteiger partial charge in [0.25, 0.3) is 0 Å². The molecule has 1 N–H and O–H groups in total. The molecule has 0 saturated carbocycles. The summed E-state index contributed by atoms with van der Waals surface area (Å²) in [6, 6.07) is 2.91. The number of nitrogens with one attached hydrogen (secondary N) is 1. The van der Waals surface area contributed by atoms with E-state index in [0.29, 0.717) is 6.04 Å². The largest absolute Gasteiger partial charge is 0.317 e. The van der Waals surface area contributed by atoms with Crippen molar-refractivity contribution < 1.29 is 0 Å². The van der Waals surface area contributed by atoms with Crippen molar-refractivity contribution >= 4 is 27.3 Å². The van der Waals surface area contributed by atoms with E-state index in [1.165, 1.54) is 46.7 Å². The lowest BCUT2D eigenvalue weighted by Gasteiger charge is -2.32. The Balaban J connectivity index is 1.95. The lowest BCUT2D eigenvalue weighted by molar-refractivity contribution is 0.163. The molecule has 0 amide bonds. The second kappa shape index (κ2) is 7.21. The van der Waals surface area contributed by atoms with E-state index < -0.39 is 0 Å². The number of aryl methyl sites for hydroxylation is 1. The van der Waals surface area contributed by atoms with Gasteiger partial charge in [0.2, 0.25) is 0 Å². The first-order valence-corrected chi connectivity index (χ1v) is 8.86. The number of hydrogen-bond donors (Lipinski definition) is 1. The molecule has 0 aromatic carbocycles. The van der Waals surface area contributed by atoms with Crippen LogP contribution in [-0.4, -0.2) is 30.6 Å². The van der Waals surface area contributed by atoms with Crippen molar-refractivity contribution in [3.63, 3.8) is 0 Å². The smallest absolute Gasteiger partial charge is 0.0331 e. The first-order valence-electron chi connectivity index (χ1n) is 7.26. The van der Waals surface area contributed by atoms with E-state index in [4.69, 9.17) is 0 Å². The molecule has 1 aliphatic rings. The molecule has 108 valence electrons. The summed E-state index contributed by atoms with van der Waals surface area (Å²) in [4.78, 5) is 5.50. The zero-order chi connectivity index (χ0) is 13.8. The van der Waals surface area contributed by atoms with Crippen molar-refractivity contribution in [1.82, 2.24) is 10.2 Å². The van der Waals surface area contributed by atoms with Crippen LogP contribution < -0.4 is 5.32 Å². The second-order valence-corrected chi connectivity index (χ2v) is 8.03. The van der Waals surface area contributed by atoms with Gasteiger partial charge in [0.15, 0.2) is 0 Å². The van der Waals surface area contributed by atoms with Gasteiger partial charge in [-0.1, -0.05) is 0 Å². The average Bonchev–Trinajstić information content (AvgIpc) is 2.69. The predicted molar refractivity (Wildman–Crippen MR) is 87.9 cm³/mol. The summed E-state index contributed by atoms with van der Waals surface area (Å²) in [7, 11) is 0. The highest BCUT2D eigenvalue weighted by Gasteiger charge is 2.19. The van der Waals surface area contributed by atoms with Crippen molar-refractivity contribution in [3.05, 3.63) is 20.3 Å². The molecule has 4 heteroatoms. The van der Waals surface area contributed by atoms with Gasteiger partial charge in [-0.05, 0) is 74.6 Å². The van der Waals surface area contributed by atoms with Crippen LogP contribution in [0.5, 0.6) is 0 Å². The van der Waals surface area contributed by atoms with Crippen LogP contribution >= 0.6 is 27.3 Å². The molecule has 0 aliphatic carbocycles. The van der Waals surface area contributed by atoms with Gasteiger partial charge in [-0.2, -0.15) is 0 Å². The summed E-state index contributed by atoms with van der Waals surface area (Å²) in [5.74, 6) is 0.869. The Kier molecular flexibility index (Phi) is 5.87. The van der Waals surface area contributed by atoms with Crippen LogP contribution in [0.3, 0.4) is 0 Å². The van der Waals surface area contributed by atoms with Crippen molar-refractivity contribution in [1.29, 1.82) is 0 Å². The van der Waals surface area contributed by atoms with Gasteiger partial charge in [-0.3, -0.25) is 4.90 Å². The van der Waals surface area contributed by atoms with Crippen molar-refractivity contribution in [2.75, 3.05) is 19.6 Å². The Morgan fingerprint density at radius 1 is 1.42 bits per heavy atom. The molecule has 0 unspecified atom stereocenters. The summed E-state index contributed by atoms with van der Waals surface area (Å²) < 4.78 is 1.26. The molecule has 1 aromatic heterocycles. The minimum absolute atomic E-state index is 0.621. The molecule has 2 rings (SSSR count). The fourth-order valence-corrected chi connectivity index (χ4v) is 4.28. The molecule has 1 aromatic rings. The van der Waals surface area contributed by atoms with Crippen LogP contribution in [0, 0.1) is 12.8 Å². The number of piperidine rings is 1. The third-order valence-electron chi connectivity index (χ3n) is 3.95. The summed E-state index contributed by atoms with van der Waals surface area (Å²) in [5.41, 5.74) is 0. The first kappa shape index (κ1) is 15.5. The van der Waals surface area contributed by atoms with Crippen molar-refractivity contribution in [2.24, 2.45) is 5.92 Å². The van der Waals surface area contributed by atoms with Crippen LogP contribution in [0.2, 0.25) is 0 Å². The van der Waals surface area contributed by atoms with Crippen LogP contribution in [0.4, 0.5) is 0 Å². The summed E-state index contributed by atoms with van der Waals surface area (Å²) in [6.07, 6.45) is 2.66. The molecule has 2 nitrogen and oxygen atoms in total. The fraction of sp³-hybridized carbons (Fsp3) is 0.733. The maximum atomic E-state index is 3.63. The topological polar surface area (TPSA) is 15.3 Å². The minimum atomic E-state index is 0.621. The van der Waals surface area contributed by atoms with Gasteiger partial charge in [-0.25, -0.2) is 0 Å². The zero-order valence-corrected chi connectivity index (χ0v) is 14.6. The van der Waals surface area contributed by atoms with Gasteiger partial charge in [0, 0.05) is 33.4 Å². The normalized spacial score (nSPS) is 17.6. The van der Waals surface area contributed by atoms with E-state index in [1.54, 1.807) is 0 Å². The van der Waals surface area contributed by atoms with Crippen LogP contribution in [0.25, 0.3) is 0 Å². The van der Waals surface area contributed by atoms with E-state index in [9.17, 15) is 0 Å². The van der Waals surface area contributed by atoms with Crippen LogP contribution in [0.15, 0.2) is 10.5 Å². The fourth-order valence-electron chi connectivity index (χ4n) is 2.65. The number of rotatable bonds is 5. The number of nitrogens with zero attached hydrogens (tertiary/aromatic N) is 1. The van der Waals surface area contributed by atoms with E-state index >= 15 is 0 Å². The van der Waals surface area contributed by atoms with Gasteiger partial charge in [0.05, 0.1) is 0 Å².